The molecule has 1 aliphatic rings. The van der Waals surface area contributed by atoms with E-state index in [9.17, 15) is 8.78 Å². The van der Waals surface area contributed by atoms with E-state index in [1.165, 1.54) is 18.9 Å². The minimum atomic E-state index is -0.145. The zero-order valence-electron chi connectivity index (χ0n) is 11.7. The summed E-state index contributed by atoms with van der Waals surface area (Å²) < 4.78 is 32.0. The molecule has 0 amide bonds. The summed E-state index contributed by atoms with van der Waals surface area (Å²) in [4.78, 5) is 0. The van der Waals surface area contributed by atoms with Crippen LogP contribution in [0.2, 0.25) is 0 Å². The summed E-state index contributed by atoms with van der Waals surface area (Å²) in [6.45, 7) is 2.00. The van der Waals surface area contributed by atoms with Crippen LogP contribution in [0.15, 0.2) is 42.5 Å². The van der Waals surface area contributed by atoms with Crippen LogP contribution >= 0.6 is 67.8 Å². The van der Waals surface area contributed by atoms with Gasteiger partial charge in [-0.15, -0.1) is 0 Å². The van der Waals surface area contributed by atoms with E-state index in [0.717, 1.165) is 13.2 Å². The van der Waals surface area contributed by atoms with Crippen LogP contribution in [0.5, 0.6) is 0 Å². The fourth-order valence-corrected chi connectivity index (χ4v) is 3.33. The second kappa shape index (κ2) is 11.9. The molecule has 0 spiro atoms. The van der Waals surface area contributed by atoms with Crippen molar-refractivity contribution in [2.75, 3.05) is 13.2 Å². The van der Waals surface area contributed by atoms with Crippen LogP contribution in [0.1, 0.15) is 12.8 Å². The predicted molar refractivity (Wildman–Crippen MR) is 111 cm³/mol. The van der Waals surface area contributed by atoms with Crippen LogP contribution in [0.25, 0.3) is 0 Å². The van der Waals surface area contributed by atoms with E-state index in [1.54, 1.807) is 24.3 Å². The number of halogens is 5. The van der Waals surface area contributed by atoms with E-state index in [4.69, 9.17) is 4.74 Å². The molecule has 120 valence electrons. The van der Waals surface area contributed by atoms with E-state index in [2.05, 4.69) is 0 Å². The lowest BCUT2D eigenvalue weighted by Gasteiger charge is -1.93. The van der Waals surface area contributed by atoms with Crippen molar-refractivity contribution in [2.24, 2.45) is 0 Å². The SMILES string of the molecule is C1CCOC1.Fc1c(I)cccc1I.Fc1ccccc1I. The first-order chi connectivity index (χ1) is 10.5. The molecule has 22 heavy (non-hydrogen) atoms. The average molecular weight is 642 g/mol. The monoisotopic (exact) mass is 642 g/mol. The molecule has 0 bridgehead atoms. The number of hydrogen-bond acceptors (Lipinski definition) is 1. The van der Waals surface area contributed by atoms with E-state index in [-0.39, 0.29) is 11.6 Å². The van der Waals surface area contributed by atoms with Gasteiger partial charge in [0.1, 0.15) is 11.6 Å². The van der Waals surface area contributed by atoms with Gasteiger partial charge in [-0.25, -0.2) is 8.78 Å². The van der Waals surface area contributed by atoms with Gasteiger partial charge in [-0.1, -0.05) is 18.2 Å². The van der Waals surface area contributed by atoms with E-state index < -0.39 is 0 Å². The third-order valence-corrected chi connectivity index (χ3v) is 5.10. The highest BCUT2D eigenvalue weighted by Crippen LogP contribution is 2.15. The van der Waals surface area contributed by atoms with Crippen LogP contribution in [0.4, 0.5) is 8.78 Å². The van der Waals surface area contributed by atoms with Crippen LogP contribution in [0.3, 0.4) is 0 Å². The van der Waals surface area contributed by atoms with Gasteiger partial charge in [0, 0.05) is 23.9 Å². The zero-order valence-corrected chi connectivity index (χ0v) is 18.1. The maximum atomic E-state index is 12.7. The van der Waals surface area contributed by atoms with Gasteiger partial charge in [-0.2, -0.15) is 0 Å². The van der Waals surface area contributed by atoms with E-state index in [1.807, 2.05) is 79.9 Å². The lowest BCUT2D eigenvalue weighted by atomic mass is 10.4. The van der Waals surface area contributed by atoms with Crippen LogP contribution in [-0.2, 0) is 4.74 Å². The molecule has 0 radical (unpaired) electrons. The molecule has 6 heteroatoms. The minimum Gasteiger partial charge on any atom is -0.381 e. The van der Waals surface area contributed by atoms with Crippen LogP contribution in [-0.4, -0.2) is 13.2 Å². The molecule has 3 rings (SSSR count). The highest BCUT2D eigenvalue weighted by atomic mass is 127. The molecule has 2 aromatic rings. The fourth-order valence-electron chi connectivity index (χ4n) is 1.43. The van der Waals surface area contributed by atoms with Gasteiger partial charge in [0.25, 0.3) is 0 Å². The molecule has 1 aliphatic heterocycles. The Morgan fingerprint density at radius 1 is 0.727 bits per heavy atom. The molecule has 0 saturated carbocycles. The molecule has 1 fully saturated rings. The van der Waals surface area contributed by atoms with Gasteiger partial charge in [-0.3, -0.25) is 0 Å². The van der Waals surface area contributed by atoms with Crippen molar-refractivity contribution in [2.45, 2.75) is 12.8 Å². The van der Waals surface area contributed by atoms with Crippen molar-refractivity contribution in [1.29, 1.82) is 0 Å². The number of hydrogen-bond donors (Lipinski definition) is 0. The second-order valence-electron chi connectivity index (χ2n) is 4.27. The smallest absolute Gasteiger partial charge is 0.149 e. The second-order valence-corrected chi connectivity index (χ2v) is 7.76. The Morgan fingerprint density at radius 3 is 1.55 bits per heavy atom. The maximum absolute atomic E-state index is 12.7. The number of benzene rings is 2. The third kappa shape index (κ3) is 8.34. The molecule has 1 heterocycles. The average Bonchev–Trinajstić information content (AvgIpc) is 3.08. The highest BCUT2D eigenvalue weighted by molar-refractivity contribution is 14.1. The van der Waals surface area contributed by atoms with Crippen molar-refractivity contribution < 1.29 is 13.5 Å². The quantitative estimate of drug-likeness (QED) is 0.244. The summed E-state index contributed by atoms with van der Waals surface area (Å²) in [7, 11) is 0. The van der Waals surface area contributed by atoms with Crippen molar-refractivity contribution >= 4 is 67.8 Å². The summed E-state index contributed by atoms with van der Waals surface area (Å²) in [6, 6.07) is 12.0. The Bertz CT molecular complexity index is 526. The molecule has 0 N–H and O–H groups in total. The summed E-state index contributed by atoms with van der Waals surface area (Å²) >= 11 is 5.89. The zero-order chi connectivity index (χ0) is 16.4. The van der Waals surface area contributed by atoms with Crippen molar-refractivity contribution in [3.8, 4) is 0 Å². The maximum Gasteiger partial charge on any atom is 0.149 e. The lowest BCUT2D eigenvalue weighted by Crippen LogP contribution is -1.83. The predicted octanol–water partition coefficient (Wildman–Crippen LogP) is 6.26. The summed E-state index contributed by atoms with van der Waals surface area (Å²) in [5.74, 6) is -0.258. The van der Waals surface area contributed by atoms with Crippen LogP contribution in [0, 0.1) is 22.3 Å². The Balaban J connectivity index is 0.000000171. The molecule has 0 aliphatic carbocycles. The molecule has 0 unspecified atom stereocenters. The van der Waals surface area contributed by atoms with Gasteiger partial charge < -0.3 is 4.74 Å². The van der Waals surface area contributed by atoms with Crippen molar-refractivity contribution in [1.82, 2.24) is 0 Å². The largest absolute Gasteiger partial charge is 0.381 e. The molecule has 0 atom stereocenters. The van der Waals surface area contributed by atoms with Gasteiger partial charge in [0.05, 0.1) is 0 Å². The molecule has 1 saturated heterocycles. The number of ether oxygens (including phenoxy) is 1. The molecule has 2 aromatic carbocycles. The van der Waals surface area contributed by atoms with Crippen molar-refractivity contribution in [3.63, 3.8) is 0 Å². The summed E-state index contributed by atoms with van der Waals surface area (Å²) in [5, 5.41) is 0. The van der Waals surface area contributed by atoms with Gasteiger partial charge in [0.2, 0.25) is 0 Å². The normalized spacial score (nSPS) is 12.8. The van der Waals surface area contributed by atoms with Crippen LogP contribution < -0.4 is 0 Å². The minimum absolute atomic E-state index is 0.112. The molecular weight excluding hydrogens is 627 g/mol. The number of rotatable bonds is 0. The molecular formula is C16H15F2I3O. The molecule has 0 aromatic heterocycles. The first kappa shape index (κ1) is 20.5. The first-order valence-corrected chi connectivity index (χ1v) is 9.83. The highest BCUT2D eigenvalue weighted by Gasteiger charge is 1.99. The standard InChI is InChI=1S/C6H3FI2.C6H4FI.C4H8O/c7-6-4(8)2-1-3-5(6)9;7-5-3-1-2-4-6(5)8;1-2-4-5-3-1/h1-3H;1-4H;1-4H2. The summed E-state index contributed by atoms with van der Waals surface area (Å²) in [5.41, 5.74) is 0. The Hall–Kier alpha value is 0.450. The lowest BCUT2D eigenvalue weighted by molar-refractivity contribution is 0.198. The molecule has 1 nitrogen and oxygen atoms in total. The van der Waals surface area contributed by atoms with E-state index in [0.29, 0.717) is 10.7 Å². The Kier molecular flexibility index (Phi) is 11.1. The van der Waals surface area contributed by atoms with Gasteiger partial charge in [0.15, 0.2) is 0 Å². The van der Waals surface area contributed by atoms with Gasteiger partial charge in [-0.05, 0) is 105 Å². The Morgan fingerprint density at radius 2 is 1.23 bits per heavy atom. The summed E-state index contributed by atoms with van der Waals surface area (Å²) in [6.07, 6.45) is 2.56. The van der Waals surface area contributed by atoms with E-state index >= 15 is 0 Å². The Labute approximate surface area is 170 Å². The third-order valence-electron chi connectivity index (χ3n) is 2.56. The van der Waals surface area contributed by atoms with Gasteiger partial charge >= 0.3 is 0 Å². The topological polar surface area (TPSA) is 9.23 Å². The first-order valence-electron chi connectivity index (χ1n) is 6.59. The fraction of sp³-hybridized carbons (Fsp3) is 0.250. The van der Waals surface area contributed by atoms with Crippen molar-refractivity contribution in [3.05, 3.63) is 64.8 Å².